The molecule has 3 aromatic carbocycles. The molecule has 0 saturated heterocycles. The van der Waals surface area contributed by atoms with Crippen molar-refractivity contribution in [3.63, 3.8) is 0 Å². The van der Waals surface area contributed by atoms with Crippen molar-refractivity contribution in [2.24, 2.45) is 5.10 Å². The van der Waals surface area contributed by atoms with E-state index in [2.05, 4.69) is 5.10 Å². The second-order valence-electron chi connectivity index (χ2n) is 6.78. The first-order valence-corrected chi connectivity index (χ1v) is 9.85. The zero-order valence-electron chi connectivity index (χ0n) is 15.9. The Labute approximate surface area is 188 Å². The van der Waals surface area contributed by atoms with E-state index in [0.29, 0.717) is 22.2 Å². The fourth-order valence-electron chi connectivity index (χ4n) is 3.21. The molecule has 0 unspecified atom stereocenters. The highest BCUT2D eigenvalue weighted by Gasteiger charge is 2.25. The molecule has 0 aliphatic rings. The summed E-state index contributed by atoms with van der Waals surface area (Å²) in [4.78, 5) is 0. The average Bonchev–Trinajstić information content (AvgIpc) is 3.13. The number of hydrogen-bond donors (Lipinski definition) is 1. The molecule has 0 radical (unpaired) electrons. The third-order valence-electron chi connectivity index (χ3n) is 4.76. The van der Waals surface area contributed by atoms with Crippen LogP contribution in [0.5, 0.6) is 0 Å². The zero-order chi connectivity index (χ0) is 23.0. The smallest absolute Gasteiger partial charge is 0.200 e. The van der Waals surface area contributed by atoms with Gasteiger partial charge in [0.1, 0.15) is 5.69 Å². The summed E-state index contributed by atoms with van der Waals surface area (Å²) in [6.07, 6.45) is 2.94. The lowest BCUT2D eigenvalue weighted by Gasteiger charge is -2.08. The Hall–Kier alpha value is -3.10. The van der Waals surface area contributed by atoms with Crippen LogP contribution in [0.3, 0.4) is 0 Å². The molecule has 3 nitrogen and oxygen atoms in total. The molecule has 1 N–H and O–H groups in total. The Morgan fingerprint density at radius 3 is 2.22 bits per heavy atom. The van der Waals surface area contributed by atoms with Crippen molar-refractivity contribution in [1.29, 1.82) is 0 Å². The predicted octanol–water partition coefficient (Wildman–Crippen LogP) is 7.14. The van der Waals surface area contributed by atoms with Crippen molar-refractivity contribution in [2.45, 2.75) is 6.54 Å². The van der Waals surface area contributed by atoms with Crippen molar-refractivity contribution < 1.29 is 22.0 Å². The van der Waals surface area contributed by atoms with Gasteiger partial charge in [0.25, 0.3) is 0 Å². The van der Waals surface area contributed by atoms with E-state index in [1.165, 1.54) is 6.21 Å². The largest absolute Gasteiger partial charge is 0.342 e. The summed E-state index contributed by atoms with van der Waals surface area (Å²) in [6.45, 7) is 0.398. The number of hydrazone groups is 1. The van der Waals surface area contributed by atoms with Gasteiger partial charge in [-0.15, -0.1) is 0 Å². The van der Waals surface area contributed by atoms with Gasteiger partial charge in [0.05, 0.1) is 6.21 Å². The highest BCUT2D eigenvalue weighted by atomic mass is 35.5. The monoisotopic (exact) mass is 483 g/mol. The summed E-state index contributed by atoms with van der Waals surface area (Å²) in [5.74, 6) is -10.4. The van der Waals surface area contributed by atoms with Crippen molar-refractivity contribution in [3.05, 3.63) is 98.9 Å². The quantitative estimate of drug-likeness (QED) is 0.105. The summed E-state index contributed by atoms with van der Waals surface area (Å²) in [6, 6.07) is 12.4. The van der Waals surface area contributed by atoms with E-state index in [0.717, 1.165) is 16.5 Å². The number of benzene rings is 3. The van der Waals surface area contributed by atoms with Gasteiger partial charge in [0.2, 0.25) is 5.82 Å². The van der Waals surface area contributed by atoms with Crippen LogP contribution in [-0.4, -0.2) is 10.8 Å². The van der Waals surface area contributed by atoms with Gasteiger partial charge in [-0.1, -0.05) is 47.5 Å². The summed E-state index contributed by atoms with van der Waals surface area (Å²) < 4.78 is 69.4. The van der Waals surface area contributed by atoms with Gasteiger partial charge in [-0.2, -0.15) is 5.10 Å². The number of halogens is 7. The molecule has 0 fully saturated rings. The molecule has 1 heterocycles. The van der Waals surface area contributed by atoms with Crippen LogP contribution in [0.1, 0.15) is 11.1 Å². The van der Waals surface area contributed by atoms with E-state index in [-0.39, 0.29) is 0 Å². The van der Waals surface area contributed by atoms with E-state index in [4.69, 9.17) is 23.2 Å². The highest BCUT2D eigenvalue weighted by Crippen LogP contribution is 2.28. The Balaban J connectivity index is 1.67. The van der Waals surface area contributed by atoms with Crippen molar-refractivity contribution in [2.75, 3.05) is 5.43 Å². The number of nitrogens with one attached hydrogen (secondary N) is 1. The van der Waals surface area contributed by atoms with E-state index in [9.17, 15) is 22.0 Å². The van der Waals surface area contributed by atoms with E-state index in [1.807, 2.05) is 22.1 Å². The molecule has 0 spiro atoms. The Bertz CT molecular complexity index is 1340. The Kier molecular flexibility index (Phi) is 6.08. The van der Waals surface area contributed by atoms with Crippen LogP contribution < -0.4 is 5.43 Å². The minimum absolute atomic E-state index is 0.398. The van der Waals surface area contributed by atoms with E-state index >= 15 is 0 Å². The van der Waals surface area contributed by atoms with Gasteiger partial charge in [0.15, 0.2) is 23.3 Å². The standard InChI is InChI=1S/C22H12Cl2F5N3/c23-13-6-5-11(15(24)7-13)9-32-10-12(14-3-1-2-4-16(14)32)8-30-31-22-20(28)18(26)17(25)19(27)21(22)29/h1-8,10,31H,9H2. The molecule has 1 aromatic heterocycles. The fraction of sp³-hybridized carbons (Fsp3) is 0.0455. The number of aromatic nitrogens is 1. The van der Waals surface area contributed by atoms with Gasteiger partial charge in [-0.25, -0.2) is 22.0 Å². The fourth-order valence-corrected chi connectivity index (χ4v) is 3.68. The van der Waals surface area contributed by atoms with Gasteiger partial charge < -0.3 is 4.57 Å². The number of para-hydroxylation sites is 1. The van der Waals surface area contributed by atoms with Crippen LogP contribution in [-0.2, 0) is 6.54 Å². The van der Waals surface area contributed by atoms with E-state index < -0.39 is 34.8 Å². The average molecular weight is 484 g/mol. The number of fused-ring (bicyclic) bond motifs is 1. The first kappa shape index (κ1) is 22.1. The van der Waals surface area contributed by atoms with Crippen molar-refractivity contribution in [3.8, 4) is 0 Å². The van der Waals surface area contributed by atoms with Crippen molar-refractivity contribution in [1.82, 2.24) is 4.57 Å². The molecule has 0 bridgehead atoms. The topological polar surface area (TPSA) is 29.3 Å². The molecule has 0 atom stereocenters. The number of nitrogens with zero attached hydrogens (tertiary/aromatic N) is 2. The lowest BCUT2D eigenvalue weighted by Crippen LogP contribution is -2.06. The molecule has 164 valence electrons. The van der Waals surface area contributed by atoms with Crippen LogP contribution >= 0.6 is 23.2 Å². The maximum Gasteiger partial charge on any atom is 0.200 e. The normalized spacial score (nSPS) is 11.6. The SMILES string of the molecule is Fc1c(F)c(F)c(NN=Cc2cn(Cc3ccc(Cl)cc3Cl)c3ccccc23)c(F)c1F. The molecule has 4 rings (SSSR count). The van der Waals surface area contributed by atoms with Crippen LogP contribution in [0.15, 0.2) is 53.8 Å². The van der Waals surface area contributed by atoms with E-state index in [1.54, 1.807) is 36.5 Å². The lowest BCUT2D eigenvalue weighted by atomic mass is 10.2. The number of hydrogen-bond acceptors (Lipinski definition) is 2. The molecular formula is C22H12Cl2F5N3. The molecular weight excluding hydrogens is 472 g/mol. The molecule has 0 amide bonds. The second-order valence-corrected chi connectivity index (χ2v) is 7.62. The summed E-state index contributed by atoms with van der Waals surface area (Å²) in [5, 5.41) is 5.42. The van der Waals surface area contributed by atoms with Crippen LogP contribution in [0.25, 0.3) is 10.9 Å². The number of anilines is 1. The van der Waals surface area contributed by atoms with Gasteiger partial charge in [-0.05, 0) is 23.8 Å². The molecule has 4 aromatic rings. The third-order valence-corrected chi connectivity index (χ3v) is 5.35. The molecule has 0 saturated carbocycles. The second kappa shape index (κ2) is 8.80. The summed E-state index contributed by atoms with van der Waals surface area (Å²) in [5.41, 5.74) is 2.83. The minimum atomic E-state index is -2.24. The molecule has 10 heteroatoms. The zero-order valence-corrected chi connectivity index (χ0v) is 17.5. The first-order chi connectivity index (χ1) is 15.3. The maximum atomic E-state index is 13.8. The van der Waals surface area contributed by atoms with Gasteiger partial charge in [-0.3, -0.25) is 5.43 Å². The van der Waals surface area contributed by atoms with Gasteiger partial charge >= 0.3 is 0 Å². The lowest BCUT2D eigenvalue weighted by molar-refractivity contribution is 0.381. The highest BCUT2D eigenvalue weighted by molar-refractivity contribution is 6.35. The number of rotatable bonds is 5. The minimum Gasteiger partial charge on any atom is -0.342 e. The predicted molar refractivity (Wildman–Crippen MR) is 115 cm³/mol. The molecule has 0 aliphatic carbocycles. The van der Waals surface area contributed by atoms with Gasteiger partial charge in [0, 0.05) is 39.3 Å². The summed E-state index contributed by atoms with van der Waals surface area (Å²) >= 11 is 12.2. The van der Waals surface area contributed by atoms with Crippen LogP contribution in [0.2, 0.25) is 10.0 Å². The molecule has 0 aliphatic heterocycles. The molecule has 32 heavy (non-hydrogen) atoms. The van der Waals surface area contributed by atoms with Crippen LogP contribution in [0.4, 0.5) is 27.6 Å². The Morgan fingerprint density at radius 2 is 1.53 bits per heavy atom. The first-order valence-electron chi connectivity index (χ1n) is 9.10. The summed E-state index contributed by atoms with van der Waals surface area (Å²) in [7, 11) is 0. The maximum absolute atomic E-state index is 13.8. The van der Waals surface area contributed by atoms with Crippen LogP contribution in [0, 0.1) is 29.1 Å². The van der Waals surface area contributed by atoms with Crippen molar-refractivity contribution >= 4 is 46.0 Å². The third kappa shape index (κ3) is 4.03. The Morgan fingerprint density at radius 1 is 0.875 bits per heavy atom.